The summed E-state index contributed by atoms with van der Waals surface area (Å²) >= 11 is 0. The van der Waals surface area contributed by atoms with E-state index in [4.69, 9.17) is 5.11 Å². The first-order valence-corrected chi connectivity index (χ1v) is 6.73. The summed E-state index contributed by atoms with van der Waals surface area (Å²) in [6.07, 6.45) is 5.56. The number of rotatable bonds is 6. The second-order valence-electron chi connectivity index (χ2n) is 5.88. The molecule has 0 bridgehead atoms. The largest absolute Gasteiger partial charge is 0.478 e. The fraction of sp³-hybridized carbons (Fsp3) is 0.643. The Bertz CT molecular complexity index is 470. The van der Waals surface area contributed by atoms with Crippen LogP contribution in [0.2, 0.25) is 0 Å². The summed E-state index contributed by atoms with van der Waals surface area (Å²) in [5.41, 5.74) is 2.69. The summed E-state index contributed by atoms with van der Waals surface area (Å²) in [5, 5.41) is 12.5. The van der Waals surface area contributed by atoms with Crippen molar-refractivity contribution < 1.29 is 9.90 Å². The van der Waals surface area contributed by atoms with Crippen LogP contribution in [0.5, 0.6) is 0 Å². The highest BCUT2D eigenvalue weighted by molar-refractivity contribution is 5.89. The van der Waals surface area contributed by atoms with Crippen LogP contribution in [0.25, 0.3) is 0 Å². The van der Waals surface area contributed by atoms with Gasteiger partial charge in [0.15, 0.2) is 0 Å². The van der Waals surface area contributed by atoms with E-state index in [0.29, 0.717) is 11.0 Å². The lowest BCUT2D eigenvalue weighted by atomic mass is 10.0. The van der Waals surface area contributed by atoms with Crippen LogP contribution < -0.4 is 5.32 Å². The Kier molecular flexibility index (Phi) is 2.70. The number of hydrogen-bond donors (Lipinski definition) is 3. The van der Waals surface area contributed by atoms with Gasteiger partial charge in [-0.2, -0.15) is 0 Å². The van der Waals surface area contributed by atoms with Crippen LogP contribution in [0.15, 0.2) is 6.07 Å². The predicted octanol–water partition coefficient (Wildman–Crippen LogP) is 2.30. The number of aromatic amines is 1. The van der Waals surface area contributed by atoms with Gasteiger partial charge >= 0.3 is 5.97 Å². The molecule has 2 fully saturated rings. The fourth-order valence-corrected chi connectivity index (χ4v) is 2.98. The first kappa shape index (κ1) is 11.8. The minimum Gasteiger partial charge on any atom is -0.478 e. The Morgan fingerprint density at radius 2 is 2.28 bits per heavy atom. The molecule has 4 heteroatoms. The van der Waals surface area contributed by atoms with Gasteiger partial charge in [0.1, 0.15) is 0 Å². The third kappa shape index (κ3) is 2.17. The normalized spacial score (nSPS) is 20.9. The molecule has 0 spiro atoms. The summed E-state index contributed by atoms with van der Waals surface area (Å²) in [7, 11) is 0. The molecule has 18 heavy (non-hydrogen) atoms. The molecule has 4 nitrogen and oxygen atoms in total. The number of aryl methyl sites for hydroxylation is 1. The summed E-state index contributed by atoms with van der Waals surface area (Å²) in [5.74, 6) is 0.108. The van der Waals surface area contributed by atoms with Gasteiger partial charge in [-0.15, -0.1) is 0 Å². The van der Waals surface area contributed by atoms with Crippen molar-refractivity contribution in [1.82, 2.24) is 10.3 Å². The molecule has 0 saturated heterocycles. The van der Waals surface area contributed by atoms with Gasteiger partial charge in [-0.05, 0) is 50.0 Å². The monoisotopic (exact) mass is 248 g/mol. The highest BCUT2D eigenvalue weighted by Crippen LogP contribution is 2.60. The SMILES string of the molecule is Cc1[nH]c(CNCC2(C3CC3)CC2)cc1C(=O)O. The molecular weight excluding hydrogens is 228 g/mol. The van der Waals surface area contributed by atoms with Crippen LogP contribution in [-0.2, 0) is 6.54 Å². The van der Waals surface area contributed by atoms with Crippen molar-refractivity contribution in [2.24, 2.45) is 11.3 Å². The van der Waals surface area contributed by atoms with E-state index in [0.717, 1.165) is 30.4 Å². The maximum absolute atomic E-state index is 10.9. The zero-order valence-electron chi connectivity index (χ0n) is 10.8. The standard InChI is InChI=1S/C14H20N2O2/c1-9-12(13(17)18)6-11(16-9)7-15-8-14(4-5-14)10-2-3-10/h6,10,15-16H,2-5,7-8H2,1H3,(H,17,18). The first-order valence-electron chi connectivity index (χ1n) is 6.73. The van der Waals surface area contributed by atoms with Gasteiger partial charge in [0.05, 0.1) is 5.56 Å². The molecule has 2 saturated carbocycles. The maximum Gasteiger partial charge on any atom is 0.337 e. The Morgan fingerprint density at radius 1 is 1.56 bits per heavy atom. The maximum atomic E-state index is 10.9. The van der Waals surface area contributed by atoms with Gasteiger partial charge in [-0.3, -0.25) is 0 Å². The van der Waals surface area contributed by atoms with Crippen molar-refractivity contribution in [2.75, 3.05) is 6.54 Å². The van der Waals surface area contributed by atoms with E-state index >= 15 is 0 Å². The number of carboxylic acids is 1. The topological polar surface area (TPSA) is 65.1 Å². The summed E-state index contributed by atoms with van der Waals surface area (Å²) in [6.45, 7) is 3.63. The lowest BCUT2D eigenvalue weighted by Crippen LogP contribution is -2.25. The second kappa shape index (κ2) is 4.12. The molecule has 0 amide bonds. The average molecular weight is 248 g/mol. The molecule has 2 aliphatic rings. The highest BCUT2D eigenvalue weighted by atomic mass is 16.4. The summed E-state index contributed by atoms with van der Waals surface area (Å²) in [6, 6.07) is 1.74. The fourth-order valence-electron chi connectivity index (χ4n) is 2.98. The Labute approximate surface area is 107 Å². The third-order valence-corrected chi connectivity index (χ3v) is 4.43. The van der Waals surface area contributed by atoms with Crippen molar-refractivity contribution in [1.29, 1.82) is 0 Å². The van der Waals surface area contributed by atoms with E-state index in [1.54, 1.807) is 13.0 Å². The molecule has 2 aliphatic carbocycles. The quantitative estimate of drug-likeness (QED) is 0.723. The number of nitrogens with one attached hydrogen (secondary N) is 2. The van der Waals surface area contributed by atoms with Gasteiger partial charge in [0.25, 0.3) is 0 Å². The van der Waals surface area contributed by atoms with Crippen LogP contribution in [-0.4, -0.2) is 22.6 Å². The van der Waals surface area contributed by atoms with E-state index < -0.39 is 5.97 Å². The van der Waals surface area contributed by atoms with Crippen LogP contribution in [0.3, 0.4) is 0 Å². The van der Waals surface area contributed by atoms with Crippen LogP contribution in [0, 0.1) is 18.3 Å². The van der Waals surface area contributed by atoms with E-state index in [2.05, 4.69) is 10.3 Å². The zero-order valence-corrected chi connectivity index (χ0v) is 10.8. The smallest absolute Gasteiger partial charge is 0.337 e. The molecule has 98 valence electrons. The van der Waals surface area contributed by atoms with Crippen molar-refractivity contribution in [3.05, 3.63) is 23.0 Å². The molecule has 0 unspecified atom stereocenters. The highest BCUT2D eigenvalue weighted by Gasteiger charge is 2.53. The average Bonchev–Trinajstić information content (AvgIpc) is 3.18. The van der Waals surface area contributed by atoms with E-state index in [9.17, 15) is 4.79 Å². The van der Waals surface area contributed by atoms with E-state index in [-0.39, 0.29) is 0 Å². The molecule has 1 heterocycles. The summed E-state index contributed by atoms with van der Waals surface area (Å²) < 4.78 is 0. The van der Waals surface area contributed by atoms with Crippen molar-refractivity contribution in [3.63, 3.8) is 0 Å². The third-order valence-electron chi connectivity index (χ3n) is 4.43. The van der Waals surface area contributed by atoms with Crippen molar-refractivity contribution in [2.45, 2.75) is 39.2 Å². The zero-order chi connectivity index (χ0) is 12.8. The summed E-state index contributed by atoms with van der Waals surface area (Å²) in [4.78, 5) is 14.1. The van der Waals surface area contributed by atoms with Gasteiger partial charge < -0.3 is 15.4 Å². The molecule has 0 aliphatic heterocycles. The van der Waals surface area contributed by atoms with Gasteiger partial charge in [0, 0.05) is 24.5 Å². The molecule has 1 aromatic rings. The lowest BCUT2D eigenvalue weighted by Gasteiger charge is -2.14. The number of carbonyl (C=O) groups is 1. The van der Waals surface area contributed by atoms with Gasteiger partial charge in [-0.25, -0.2) is 4.79 Å². The number of hydrogen-bond acceptors (Lipinski definition) is 2. The van der Waals surface area contributed by atoms with Gasteiger partial charge in [-0.1, -0.05) is 0 Å². The predicted molar refractivity (Wildman–Crippen MR) is 68.6 cm³/mol. The van der Waals surface area contributed by atoms with Gasteiger partial charge in [0.2, 0.25) is 0 Å². The van der Waals surface area contributed by atoms with Crippen LogP contribution in [0.4, 0.5) is 0 Å². The van der Waals surface area contributed by atoms with E-state index in [1.165, 1.54) is 25.7 Å². The molecular formula is C14H20N2O2. The van der Waals surface area contributed by atoms with Crippen molar-refractivity contribution >= 4 is 5.97 Å². The van der Waals surface area contributed by atoms with Crippen LogP contribution >= 0.6 is 0 Å². The molecule has 3 N–H and O–H groups in total. The van der Waals surface area contributed by atoms with Crippen molar-refractivity contribution in [3.8, 4) is 0 Å². The number of aromatic carboxylic acids is 1. The minimum absolute atomic E-state index is 0.384. The number of aromatic nitrogens is 1. The number of carboxylic acid groups (broad SMARTS) is 1. The Balaban J connectivity index is 1.54. The number of H-pyrrole nitrogens is 1. The lowest BCUT2D eigenvalue weighted by molar-refractivity contribution is 0.0696. The molecule has 0 radical (unpaired) electrons. The van der Waals surface area contributed by atoms with E-state index in [1.807, 2.05) is 0 Å². The molecule has 1 aromatic heterocycles. The first-order chi connectivity index (χ1) is 8.61. The van der Waals surface area contributed by atoms with Crippen LogP contribution in [0.1, 0.15) is 47.4 Å². The molecule has 0 atom stereocenters. The minimum atomic E-state index is -0.855. The Hall–Kier alpha value is -1.29. The molecule has 3 rings (SSSR count). The second-order valence-corrected chi connectivity index (χ2v) is 5.88. The Morgan fingerprint density at radius 3 is 2.78 bits per heavy atom. The molecule has 0 aromatic carbocycles.